The van der Waals surface area contributed by atoms with E-state index < -0.39 is 0 Å². The number of thiazole rings is 1. The van der Waals surface area contributed by atoms with E-state index in [2.05, 4.69) is 27.6 Å². The molecular weight excluding hydrogens is 222 g/mol. The summed E-state index contributed by atoms with van der Waals surface area (Å²) >= 11 is 1.62. The smallest absolute Gasteiger partial charge is 0.206 e. The number of unbranched alkanes of at least 4 members (excludes halogenated alkanes) is 1. The molecule has 0 unspecified atom stereocenters. The van der Waals surface area contributed by atoms with Crippen molar-refractivity contribution in [2.75, 3.05) is 6.54 Å². The zero-order valence-corrected chi connectivity index (χ0v) is 10.6. The van der Waals surface area contributed by atoms with E-state index in [1.165, 1.54) is 4.88 Å². The first kappa shape index (κ1) is 12.9. The van der Waals surface area contributed by atoms with E-state index in [0.717, 1.165) is 25.1 Å². The number of hydrazine groups is 1. The van der Waals surface area contributed by atoms with E-state index in [-0.39, 0.29) is 0 Å². The Morgan fingerprint density at radius 1 is 1.62 bits per heavy atom. The molecule has 0 radical (unpaired) electrons. The van der Waals surface area contributed by atoms with Crippen molar-refractivity contribution in [3.05, 3.63) is 16.1 Å². The first-order chi connectivity index (χ1) is 7.77. The second kappa shape index (κ2) is 7.19. The maximum absolute atomic E-state index is 5.38. The number of aryl methyl sites for hydroxylation is 1. The third-order valence-corrected chi connectivity index (χ3v) is 3.10. The van der Waals surface area contributed by atoms with Crippen molar-refractivity contribution in [1.29, 1.82) is 0 Å². The van der Waals surface area contributed by atoms with Gasteiger partial charge in [-0.15, -0.1) is 11.3 Å². The number of nitrogens with one attached hydrogen (secondary N) is 2. The van der Waals surface area contributed by atoms with E-state index in [0.29, 0.717) is 12.5 Å². The molecule has 1 rings (SSSR count). The Labute approximate surface area is 100 Å². The Kier molecular flexibility index (Phi) is 5.81. The fourth-order valence-electron chi connectivity index (χ4n) is 1.16. The molecule has 0 amide bonds. The largest absolute Gasteiger partial charge is 0.355 e. The maximum Gasteiger partial charge on any atom is 0.206 e. The van der Waals surface area contributed by atoms with Gasteiger partial charge in [0.1, 0.15) is 0 Å². The van der Waals surface area contributed by atoms with Crippen LogP contribution < -0.4 is 16.6 Å². The highest BCUT2D eigenvalue weighted by molar-refractivity contribution is 7.09. The van der Waals surface area contributed by atoms with Crippen LogP contribution in [0.15, 0.2) is 10.5 Å². The number of nitrogens with two attached hydrogens (primary N) is 1. The lowest BCUT2D eigenvalue weighted by molar-refractivity contribution is 0.732. The van der Waals surface area contributed by atoms with E-state index in [1.807, 2.05) is 12.4 Å². The van der Waals surface area contributed by atoms with Gasteiger partial charge in [0.2, 0.25) is 5.96 Å². The minimum atomic E-state index is 0.620. The average molecular weight is 241 g/mol. The number of aromatic nitrogens is 1. The Morgan fingerprint density at radius 2 is 2.44 bits per heavy atom. The summed E-state index contributed by atoms with van der Waals surface area (Å²) in [5.41, 5.74) is 5.44. The molecule has 4 N–H and O–H groups in total. The predicted molar refractivity (Wildman–Crippen MR) is 68.2 cm³/mol. The van der Waals surface area contributed by atoms with Gasteiger partial charge in [0, 0.05) is 11.4 Å². The molecule has 5 nitrogen and oxygen atoms in total. The second-order valence-corrected chi connectivity index (χ2v) is 4.39. The van der Waals surface area contributed by atoms with Gasteiger partial charge in [0.05, 0.1) is 17.7 Å². The second-order valence-electron chi connectivity index (χ2n) is 3.45. The standard InChI is InChI=1S/C10H19N5S/c1-3-4-5-12-10(15-11)13-6-9-8(2)14-7-16-9/h7H,3-6,11H2,1-2H3,(H2,12,13,15). The number of aliphatic imine (C=N–C) groups is 1. The molecule has 0 aliphatic carbocycles. The molecule has 0 atom stereocenters. The summed E-state index contributed by atoms with van der Waals surface area (Å²) in [4.78, 5) is 9.70. The fourth-order valence-corrected chi connectivity index (χ4v) is 1.87. The van der Waals surface area contributed by atoms with Crippen LogP contribution in [0.3, 0.4) is 0 Å². The van der Waals surface area contributed by atoms with Crippen LogP contribution in [0.5, 0.6) is 0 Å². The zero-order chi connectivity index (χ0) is 11.8. The van der Waals surface area contributed by atoms with Crippen LogP contribution in [0.2, 0.25) is 0 Å². The van der Waals surface area contributed by atoms with Crippen LogP contribution in [-0.4, -0.2) is 17.5 Å². The van der Waals surface area contributed by atoms with Crippen molar-refractivity contribution in [1.82, 2.24) is 15.7 Å². The number of rotatable bonds is 5. The normalized spacial score (nSPS) is 11.6. The van der Waals surface area contributed by atoms with Crippen molar-refractivity contribution < 1.29 is 0 Å². The first-order valence-electron chi connectivity index (χ1n) is 5.41. The Hall–Kier alpha value is -1.14. The Morgan fingerprint density at radius 3 is 3.00 bits per heavy atom. The Balaban J connectivity index is 2.43. The van der Waals surface area contributed by atoms with Gasteiger partial charge in [-0.05, 0) is 13.3 Å². The molecule has 90 valence electrons. The molecule has 16 heavy (non-hydrogen) atoms. The highest BCUT2D eigenvalue weighted by atomic mass is 32.1. The minimum absolute atomic E-state index is 0.620. The summed E-state index contributed by atoms with van der Waals surface area (Å²) in [5, 5.41) is 3.15. The van der Waals surface area contributed by atoms with Crippen molar-refractivity contribution >= 4 is 17.3 Å². The fraction of sp³-hybridized carbons (Fsp3) is 0.600. The van der Waals surface area contributed by atoms with Crippen molar-refractivity contribution in [3.63, 3.8) is 0 Å². The highest BCUT2D eigenvalue weighted by Crippen LogP contribution is 2.12. The molecule has 0 spiro atoms. The van der Waals surface area contributed by atoms with Crippen LogP contribution >= 0.6 is 11.3 Å². The molecule has 0 aliphatic rings. The molecule has 0 saturated heterocycles. The van der Waals surface area contributed by atoms with Gasteiger partial charge in [0.15, 0.2) is 0 Å². The average Bonchev–Trinajstić information content (AvgIpc) is 2.69. The molecule has 0 fully saturated rings. The lowest BCUT2D eigenvalue weighted by Gasteiger charge is -2.07. The summed E-state index contributed by atoms with van der Waals surface area (Å²) in [5.74, 6) is 6.02. The van der Waals surface area contributed by atoms with Gasteiger partial charge in [-0.3, -0.25) is 5.43 Å². The molecule has 0 aliphatic heterocycles. The lowest BCUT2D eigenvalue weighted by atomic mass is 10.3. The lowest BCUT2D eigenvalue weighted by Crippen LogP contribution is -2.41. The van der Waals surface area contributed by atoms with Gasteiger partial charge in [0.25, 0.3) is 0 Å². The number of guanidine groups is 1. The summed E-state index contributed by atoms with van der Waals surface area (Å²) in [7, 11) is 0. The molecule has 0 aromatic carbocycles. The third kappa shape index (κ3) is 4.16. The summed E-state index contributed by atoms with van der Waals surface area (Å²) in [6.45, 7) is 5.65. The SMILES string of the molecule is CCCCNC(=NCc1scnc1C)NN. The van der Waals surface area contributed by atoms with E-state index >= 15 is 0 Å². The zero-order valence-electron chi connectivity index (χ0n) is 9.79. The van der Waals surface area contributed by atoms with Gasteiger partial charge in [-0.25, -0.2) is 15.8 Å². The number of nitrogens with zero attached hydrogens (tertiary/aromatic N) is 2. The number of hydrogen-bond donors (Lipinski definition) is 3. The molecule has 1 aromatic rings. The summed E-state index contributed by atoms with van der Waals surface area (Å²) < 4.78 is 0. The highest BCUT2D eigenvalue weighted by Gasteiger charge is 2.00. The van der Waals surface area contributed by atoms with Crippen LogP contribution in [0, 0.1) is 6.92 Å². The van der Waals surface area contributed by atoms with Crippen molar-refractivity contribution in [3.8, 4) is 0 Å². The van der Waals surface area contributed by atoms with E-state index in [1.54, 1.807) is 11.3 Å². The molecular formula is C10H19N5S. The van der Waals surface area contributed by atoms with Crippen molar-refractivity contribution in [2.24, 2.45) is 10.8 Å². The van der Waals surface area contributed by atoms with E-state index in [4.69, 9.17) is 5.84 Å². The third-order valence-electron chi connectivity index (χ3n) is 2.19. The summed E-state index contributed by atoms with van der Waals surface area (Å²) in [6.07, 6.45) is 2.26. The molecule has 1 aromatic heterocycles. The molecule has 1 heterocycles. The maximum atomic E-state index is 5.38. The minimum Gasteiger partial charge on any atom is -0.355 e. The topological polar surface area (TPSA) is 75.3 Å². The molecule has 0 bridgehead atoms. The molecule has 6 heteroatoms. The van der Waals surface area contributed by atoms with Gasteiger partial charge in [-0.1, -0.05) is 13.3 Å². The Bertz CT molecular complexity index is 334. The van der Waals surface area contributed by atoms with Crippen molar-refractivity contribution in [2.45, 2.75) is 33.2 Å². The van der Waals surface area contributed by atoms with Crippen LogP contribution in [0.25, 0.3) is 0 Å². The van der Waals surface area contributed by atoms with Crippen LogP contribution in [0.4, 0.5) is 0 Å². The summed E-state index contributed by atoms with van der Waals surface area (Å²) in [6, 6.07) is 0. The van der Waals surface area contributed by atoms with Gasteiger partial charge in [-0.2, -0.15) is 0 Å². The van der Waals surface area contributed by atoms with Gasteiger partial charge < -0.3 is 5.32 Å². The van der Waals surface area contributed by atoms with Crippen LogP contribution in [0.1, 0.15) is 30.3 Å². The molecule has 0 saturated carbocycles. The number of hydrogen-bond acceptors (Lipinski definition) is 4. The quantitative estimate of drug-likeness (QED) is 0.238. The van der Waals surface area contributed by atoms with E-state index in [9.17, 15) is 0 Å². The predicted octanol–water partition coefficient (Wildman–Crippen LogP) is 1.16. The monoisotopic (exact) mass is 241 g/mol. The van der Waals surface area contributed by atoms with Gasteiger partial charge >= 0.3 is 0 Å². The van der Waals surface area contributed by atoms with Crippen LogP contribution in [-0.2, 0) is 6.54 Å². The first-order valence-corrected chi connectivity index (χ1v) is 6.29.